The van der Waals surface area contributed by atoms with Crippen LogP contribution in [0.15, 0.2) is 136 Å². The molecule has 2 amide bonds. The fraction of sp³-hybridized carbons (Fsp3) is 0.540. The Morgan fingerprint density at radius 1 is 0.339 bits per heavy atom. The van der Waals surface area contributed by atoms with Crippen LogP contribution in [0.5, 0.6) is 0 Å². The zero-order valence-corrected chi connectivity index (χ0v) is 80.0. The maximum Gasteiger partial charge on any atom is 0.407 e. The lowest BCUT2D eigenvalue weighted by Gasteiger charge is -2.39. The molecule has 4 N–H and O–H groups in total. The number of carbonyl (C=O) groups is 2. The zero-order chi connectivity index (χ0) is 91.0. The smallest absolute Gasteiger partial charge is 0.407 e. The Labute approximate surface area is 745 Å². The molecule has 0 unspecified atom stereocenters. The van der Waals surface area contributed by atoms with Crippen LogP contribution in [0.25, 0.3) is 90.9 Å². The van der Waals surface area contributed by atoms with Gasteiger partial charge in [0, 0.05) is 63.0 Å². The summed E-state index contributed by atoms with van der Waals surface area (Å²) in [4.78, 5) is 40.9. The van der Waals surface area contributed by atoms with Crippen molar-refractivity contribution in [3.05, 3.63) is 144 Å². The van der Waals surface area contributed by atoms with Gasteiger partial charge in [-0.15, -0.1) is 0 Å². The Morgan fingerprint density at radius 3 is 0.742 bits per heavy atom. The fourth-order valence-electron chi connectivity index (χ4n) is 16.3. The van der Waals surface area contributed by atoms with Crippen LogP contribution < -0.4 is 10.6 Å². The Kier molecular flexibility index (Phi) is 44.0. The van der Waals surface area contributed by atoms with Gasteiger partial charge in [0.15, 0.2) is 0 Å². The van der Waals surface area contributed by atoms with Gasteiger partial charge in [-0.05, 0) is 217 Å². The molecular weight excluding hydrogens is 1620 g/mol. The van der Waals surface area contributed by atoms with E-state index in [0.29, 0.717) is 95.0 Å². The van der Waals surface area contributed by atoms with Crippen molar-refractivity contribution in [3.8, 4) is 44.5 Å². The Morgan fingerprint density at radius 2 is 0.548 bits per heavy atom. The topological polar surface area (TPSA) is 296 Å². The molecule has 2 aliphatic rings. The number of aromatic amines is 2. The number of fused-ring (bicyclic) bond motifs is 8. The standard InChI is InChI=1S/C52H44N6O12S3.3C16H36N/c1-52(2,3)70-51(60)53-29-28-46(59)54-34-12-4-30(5-13-34)47-38-20-22-40(55-38)48(31-6-14-35(15-7-31)71(61,62)63)42-24-26-44(57-42)50(33-10-18-37(19-11-33)73(67,68)69)45-27-25-43(58-45)49(41-23-21-39(47)56-41)32-8-16-36(17-9-32)72(64,65)66;3*1-5-9-13-17(14-10-6-2,15-11-7-3)16-12-8-4/h4-27,55,58H,28-29H2,1-3H3,(H,53,60)(H,54,59)(H,61,62,63)(H,64,65,66)(H,67,68,69);3*5-16H2,1-4H3/q;3*+1/p-3. The minimum Gasteiger partial charge on any atom is -0.744 e. The maximum absolute atomic E-state index is 12.9. The molecule has 21 nitrogen and oxygen atoms in total. The third-order valence-corrected chi connectivity index (χ3v) is 25.9. The molecule has 684 valence electrons. The summed E-state index contributed by atoms with van der Waals surface area (Å²) in [6.07, 6.45) is 39.5. The molecule has 2 aliphatic heterocycles. The van der Waals surface area contributed by atoms with Crippen molar-refractivity contribution in [3.63, 3.8) is 0 Å². The Hall–Kier alpha value is -8.17. The number of nitrogens with one attached hydrogen (secondary N) is 4. The molecule has 124 heavy (non-hydrogen) atoms. The van der Waals surface area contributed by atoms with Gasteiger partial charge >= 0.3 is 6.09 Å². The summed E-state index contributed by atoms with van der Waals surface area (Å²) >= 11 is 0. The van der Waals surface area contributed by atoms with Crippen molar-refractivity contribution in [2.45, 2.75) is 285 Å². The number of hydrogen-bond donors (Lipinski definition) is 4. The third kappa shape index (κ3) is 33.2. The number of anilines is 1. The van der Waals surface area contributed by atoms with E-state index in [1.165, 1.54) is 319 Å². The van der Waals surface area contributed by atoms with Gasteiger partial charge in [-0.25, -0.2) is 40.0 Å². The summed E-state index contributed by atoms with van der Waals surface area (Å²) in [6, 6.07) is 30.2. The molecule has 0 radical (unpaired) electrons. The highest BCUT2D eigenvalue weighted by Crippen LogP contribution is 2.40. The third-order valence-electron chi connectivity index (χ3n) is 23.4. The number of amides is 2. The highest BCUT2D eigenvalue weighted by atomic mass is 32.2. The van der Waals surface area contributed by atoms with Gasteiger partial charge in [0.2, 0.25) is 5.91 Å². The highest BCUT2D eigenvalue weighted by molar-refractivity contribution is 7.86. The largest absolute Gasteiger partial charge is 0.744 e. The second kappa shape index (κ2) is 52.2. The number of ether oxygens (including phenoxy) is 1. The fourth-order valence-corrected chi connectivity index (χ4v) is 17.7. The normalized spacial score (nSPS) is 12.4. The molecule has 0 fully saturated rings. The second-order valence-electron chi connectivity index (χ2n) is 34.7. The number of rotatable bonds is 47. The number of benzene rings is 4. The average molecular weight is 1770 g/mol. The molecule has 24 heteroatoms. The van der Waals surface area contributed by atoms with E-state index < -0.39 is 56.7 Å². The van der Waals surface area contributed by atoms with Crippen molar-refractivity contribution in [2.75, 3.05) is 90.4 Å². The minimum absolute atomic E-state index is 0.0319. The number of H-pyrrole nitrogens is 2. The van der Waals surface area contributed by atoms with Crippen molar-refractivity contribution in [1.82, 2.24) is 25.3 Å². The van der Waals surface area contributed by atoms with Gasteiger partial charge in [0.25, 0.3) is 0 Å². The lowest BCUT2D eigenvalue weighted by atomic mass is 10.0. The van der Waals surface area contributed by atoms with E-state index in [2.05, 4.69) is 104 Å². The molecule has 7 aromatic rings. The molecule has 0 saturated carbocycles. The lowest BCUT2D eigenvalue weighted by Crippen LogP contribution is -2.50. The van der Waals surface area contributed by atoms with Gasteiger partial charge in [-0.3, -0.25) is 4.79 Å². The number of hydrogen-bond acceptors (Lipinski definition) is 14. The van der Waals surface area contributed by atoms with E-state index >= 15 is 0 Å². The molecule has 0 saturated heterocycles. The number of carbonyl (C=O) groups excluding carboxylic acids is 2. The first-order valence-electron chi connectivity index (χ1n) is 46.5. The monoisotopic (exact) mass is 1760 g/mol. The van der Waals surface area contributed by atoms with Crippen LogP contribution in [0.4, 0.5) is 10.5 Å². The minimum atomic E-state index is -4.81. The van der Waals surface area contributed by atoms with Crippen LogP contribution in [0, 0.1) is 0 Å². The van der Waals surface area contributed by atoms with E-state index in [1.807, 2.05) is 6.07 Å². The van der Waals surface area contributed by atoms with Crippen molar-refractivity contribution in [1.29, 1.82) is 0 Å². The number of alkyl carbamates (subject to hydrolysis) is 1. The molecule has 3 aromatic heterocycles. The number of aromatic nitrogens is 4. The summed E-state index contributed by atoms with van der Waals surface area (Å²) in [5.74, 6) is -0.362. The highest BCUT2D eigenvalue weighted by Gasteiger charge is 2.29. The van der Waals surface area contributed by atoms with Crippen molar-refractivity contribution in [2.24, 2.45) is 0 Å². The lowest BCUT2D eigenvalue weighted by molar-refractivity contribution is -0.929. The van der Waals surface area contributed by atoms with Crippen molar-refractivity contribution >= 4 is 94.4 Å². The molecule has 0 aliphatic carbocycles. The molecule has 4 aromatic carbocycles. The first kappa shape index (κ1) is 105. The number of unbranched alkanes of at least 4 members (excludes halogenated alkanes) is 12. The van der Waals surface area contributed by atoms with Gasteiger partial charge in [0.1, 0.15) is 36.0 Å². The quantitative estimate of drug-likeness (QED) is 0.0204. The SMILES string of the molecule is CC(C)(C)OC(=O)NCCC(=O)Nc1ccc(-c2c3nc(c(-c4ccc(S(=O)(=O)[O-])cc4)c4ccc([nH]4)c(-c4ccc(S(=O)(=O)[O-])cc4)c4nc(c(-c5ccc(S(=O)(=O)[O-])cc5)c5ccc2[nH]5)C=C4)C=C3)cc1.CCCC[N+](CCCC)(CCCC)CCCC.CCCC[N+](CCCC)(CCCC)CCCC.CCCC[N+](CCCC)(CCCC)CCCC. The summed E-state index contributed by atoms with van der Waals surface area (Å²) in [7, 11) is -14.4. The molecular formula is C100H149N9O12S3. The molecule has 8 bridgehead atoms. The van der Waals surface area contributed by atoms with E-state index in [-0.39, 0.29) is 18.9 Å². The van der Waals surface area contributed by atoms with Crippen LogP contribution in [-0.4, -0.2) is 175 Å². The van der Waals surface area contributed by atoms with Gasteiger partial charge < -0.3 is 52.4 Å². The van der Waals surface area contributed by atoms with E-state index in [4.69, 9.17) is 14.7 Å². The Balaban J connectivity index is 0.000000375. The van der Waals surface area contributed by atoms with Gasteiger partial charge in [0.05, 0.1) is 116 Å². The van der Waals surface area contributed by atoms with Crippen LogP contribution in [0.1, 0.15) is 287 Å². The zero-order valence-electron chi connectivity index (χ0n) is 77.6. The van der Waals surface area contributed by atoms with Gasteiger partial charge in [-0.1, -0.05) is 209 Å². The Bertz CT molecular complexity index is 4740. The summed E-state index contributed by atoms with van der Waals surface area (Å²) in [6.45, 7) is 50.3. The predicted molar refractivity (Wildman–Crippen MR) is 510 cm³/mol. The molecule has 0 atom stereocenters. The van der Waals surface area contributed by atoms with Crippen LogP contribution in [-0.2, 0) is 39.9 Å². The predicted octanol–water partition coefficient (Wildman–Crippen LogP) is 23.9. The maximum atomic E-state index is 12.9. The summed E-state index contributed by atoms with van der Waals surface area (Å²) in [5, 5.41) is 5.40. The number of quaternary nitrogens is 3. The van der Waals surface area contributed by atoms with Crippen LogP contribution in [0.2, 0.25) is 0 Å². The summed E-state index contributed by atoms with van der Waals surface area (Å²) < 4.78 is 118. The molecule has 9 rings (SSSR count). The summed E-state index contributed by atoms with van der Waals surface area (Å²) in [5.41, 5.74) is 7.54. The first-order chi connectivity index (χ1) is 59.2. The van der Waals surface area contributed by atoms with E-state index in [1.54, 1.807) is 87.5 Å². The van der Waals surface area contributed by atoms with Crippen LogP contribution in [0.3, 0.4) is 0 Å². The second-order valence-corrected chi connectivity index (χ2v) is 38.8. The van der Waals surface area contributed by atoms with Crippen LogP contribution >= 0.6 is 0 Å². The first-order valence-corrected chi connectivity index (χ1v) is 50.7. The molecule has 5 heterocycles. The van der Waals surface area contributed by atoms with E-state index in [0.717, 1.165) is 0 Å². The molecule has 0 spiro atoms. The van der Waals surface area contributed by atoms with Gasteiger partial charge in [-0.2, -0.15) is 0 Å². The van der Waals surface area contributed by atoms with Crippen molar-refractivity contribution < 1.29 is 66.7 Å². The van der Waals surface area contributed by atoms with E-state index in [9.17, 15) is 48.5 Å². The number of nitrogens with zero attached hydrogens (tertiary/aromatic N) is 5. The average Bonchev–Trinajstić information content (AvgIpc) is 1.61.